The lowest BCUT2D eigenvalue weighted by atomic mass is 10.2. The maximum atomic E-state index is 11.2. The molecule has 66 valence electrons. The Kier molecular flexibility index (Phi) is 2.47. The van der Waals surface area contributed by atoms with E-state index in [1.165, 1.54) is 0 Å². The average molecular weight is 167 g/mol. The van der Waals surface area contributed by atoms with Crippen LogP contribution in [0.5, 0.6) is 0 Å². The van der Waals surface area contributed by atoms with Crippen LogP contribution in [-0.4, -0.2) is 22.7 Å². The van der Waals surface area contributed by atoms with Gasteiger partial charge in [-0.25, -0.2) is 0 Å². The number of carbonyl (C=O) groups is 1. The van der Waals surface area contributed by atoms with Crippen molar-refractivity contribution >= 4 is 5.91 Å². The highest BCUT2D eigenvalue weighted by molar-refractivity contribution is 5.94. The van der Waals surface area contributed by atoms with Crippen LogP contribution in [0.15, 0.2) is 6.20 Å². The van der Waals surface area contributed by atoms with Crippen molar-refractivity contribution < 1.29 is 4.79 Å². The van der Waals surface area contributed by atoms with Gasteiger partial charge in [-0.15, -0.1) is 0 Å². The summed E-state index contributed by atoms with van der Waals surface area (Å²) in [6.07, 6.45) is 2.52. The smallest absolute Gasteiger partial charge is 0.254 e. The van der Waals surface area contributed by atoms with Gasteiger partial charge in [0.2, 0.25) is 0 Å². The number of amides is 1. The third-order valence-electron chi connectivity index (χ3n) is 1.71. The summed E-state index contributed by atoms with van der Waals surface area (Å²) in [7, 11) is 3.43. The minimum absolute atomic E-state index is 0.0695. The van der Waals surface area contributed by atoms with Crippen molar-refractivity contribution in [2.24, 2.45) is 7.05 Å². The molecular formula is C8H13N3O. The standard InChI is InChI=1S/C8H13N3O/c1-4-7-6(8(12)9-2)5-11(3)10-7/h5H,4H2,1-3H3,(H,9,12). The van der Waals surface area contributed by atoms with E-state index in [-0.39, 0.29) is 5.91 Å². The van der Waals surface area contributed by atoms with Gasteiger partial charge < -0.3 is 5.32 Å². The van der Waals surface area contributed by atoms with E-state index in [1.807, 2.05) is 14.0 Å². The van der Waals surface area contributed by atoms with Crippen molar-refractivity contribution in [2.75, 3.05) is 7.05 Å². The molecule has 0 radical (unpaired) electrons. The molecule has 0 aliphatic rings. The van der Waals surface area contributed by atoms with E-state index in [9.17, 15) is 4.79 Å². The van der Waals surface area contributed by atoms with Gasteiger partial charge in [-0.05, 0) is 6.42 Å². The molecular weight excluding hydrogens is 154 g/mol. The van der Waals surface area contributed by atoms with E-state index in [1.54, 1.807) is 17.9 Å². The zero-order valence-electron chi connectivity index (χ0n) is 7.59. The number of carbonyl (C=O) groups excluding carboxylic acids is 1. The third-order valence-corrected chi connectivity index (χ3v) is 1.71. The van der Waals surface area contributed by atoms with E-state index in [4.69, 9.17) is 0 Å². The topological polar surface area (TPSA) is 46.9 Å². The van der Waals surface area contributed by atoms with Crippen molar-refractivity contribution in [1.29, 1.82) is 0 Å². The fourth-order valence-electron chi connectivity index (χ4n) is 1.12. The molecule has 1 rings (SSSR count). The Morgan fingerprint density at radius 1 is 1.75 bits per heavy atom. The molecule has 1 aromatic heterocycles. The van der Waals surface area contributed by atoms with Gasteiger partial charge in [-0.2, -0.15) is 5.10 Å². The molecule has 0 saturated heterocycles. The van der Waals surface area contributed by atoms with E-state index < -0.39 is 0 Å². The monoisotopic (exact) mass is 167 g/mol. The number of aryl methyl sites for hydroxylation is 2. The molecule has 0 unspecified atom stereocenters. The molecule has 0 aliphatic carbocycles. The summed E-state index contributed by atoms with van der Waals surface area (Å²) in [4.78, 5) is 11.2. The zero-order valence-corrected chi connectivity index (χ0v) is 7.59. The molecule has 0 saturated carbocycles. The summed E-state index contributed by atoms with van der Waals surface area (Å²) in [6, 6.07) is 0. The Hall–Kier alpha value is -1.32. The Morgan fingerprint density at radius 2 is 2.42 bits per heavy atom. The lowest BCUT2D eigenvalue weighted by molar-refractivity contribution is 0.0962. The van der Waals surface area contributed by atoms with Crippen molar-refractivity contribution in [3.05, 3.63) is 17.5 Å². The second-order valence-electron chi connectivity index (χ2n) is 2.60. The van der Waals surface area contributed by atoms with Crippen LogP contribution in [0.3, 0.4) is 0 Å². The summed E-state index contributed by atoms with van der Waals surface area (Å²) in [6.45, 7) is 1.98. The Balaban J connectivity index is 3.04. The molecule has 1 aromatic rings. The van der Waals surface area contributed by atoms with Gasteiger partial charge in [-0.1, -0.05) is 6.92 Å². The predicted octanol–water partition coefficient (Wildman–Crippen LogP) is 0.342. The van der Waals surface area contributed by atoms with Crippen molar-refractivity contribution in [1.82, 2.24) is 15.1 Å². The Morgan fingerprint density at radius 3 is 2.92 bits per heavy atom. The van der Waals surface area contributed by atoms with E-state index in [0.717, 1.165) is 12.1 Å². The van der Waals surface area contributed by atoms with Crippen LogP contribution in [0.2, 0.25) is 0 Å². The Labute approximate surface area is 71.6 Å². The lowest BCUT2D eigenvalue weighted by Crippen LogP contribution is -2.18. The van der Waals surface area contributed by atoms with Gasteiger partial charge in [-0.3, -0.25) is 9.48 Å². The summed E-state index contributed by atoms with van der Waals surface area (Å²) >= 11 is 0. The quantitative estimate of drug-likeness (QED) is 0.690. The fraction of sp³-hybridized carbons (Fsp3) is 0.500. The first-order valence-corrected chi connectivity index (χ1v) is 3.93. The predicted molar refractivity (Wildman–Crippen MR) is 46.0 cm³/mol. The highest BCUT2D eigenvalue weighted by Crippen LogP contribution is 2.06. The van der Waals surface area contributed by atoms with Crippen LogP contribution >= 0.6 is 0 Å². The fourth-order valence-corrected chi connectivity index (χ4v) is 1.12. The van der Waals surface area contributed by atoms with E-state index in [2.05, 4.69) is 10.4 Å². The molecule has 1 N–H and O–H groups in total. The number of nitrogens with zero attached hydrogens (tertiary/aromatic N) is 2. The summed E-state index contributed by atoms with van der Waals surface area (Å²) in [5.74, 6) is -0.0695. The molecule has 0 fully saturated rings. The SMILES string of the molecule is CCc1nn(C)cc1C(=O)NC. The molecule has 0 bridgehead atoms. The molecule has 0 aliphatic heterocycles. The van der Waals surface area contributed by atoms with Gasteiger partial charge in [0.25, 0.3) is 5.91 Å². The molecule has 0 spiro atoms. The molecule has 1 heterocycles. The van der Waals surface area contributed by atoms with Crippen LogP contribution in [0.25, 0.3) is 0 Å². The van der Waals surface area contributed by atoms with Crippen LogP contribution in [-0.2, 0) is 13.5 Å². The molecule has 12 heavy (non-hydrogen) atoms. The largest absolute Gasteiger partial charge is 0.355 e. The van der Waals surface area contributed by atoms with E-state index in [0.29, 0.717) is 5.56 Å². The number of hydrogen-bond acceptors (Lipinski definition) is 2. The number of nitrogens with one attached hydrogen (secondary N) is 1. The summed E-state index contributed by atoms with van der Waals surface area (Å²) in [5.41, 5.74) is 1.51. The number of rotatable bonds is 2. The molecule has 4 nitrogen and oxygen atoms in total. The first kappa shape index (κ1) is 8.77. The van der Waals surface area contributed by atoms with Crippen LogP contribution in [0, 0.1) is 0 Å². The highest BCUT2D eigenvalue weighted by Gasteiger charge is 2.11. The minimum atomic E-state index is -0.0695. The lowest BCUT2D eigenvalue weighted by Gasteiger charge is -1.96. The number of aromatic nitrogens is 2. The van der Waals surface area contributed by atoms with Crippen LogP contribution < -0.4 is 5.32 Å². The molecule has 0 aromatic carbocycles. The van der Waals surface area contributed by atoms with Crippen LogP contribution in [0.4, 0.5) is 0 Å². The van der Waals surface area contributed by atoms with E-state index >= 15 is 0 Å². The molecule has 0 atom stereocenters. The molecule has 1 amide bonds. The third kappa shape index (κ3) is 1.47. The van der Waals surface area contributed by atoms with Gasteiger partial charge in [0.15, 0.2) is 0 Å². The number of hydrogen-bond donors (Lipinski definition) is 1. The summed E-state index contributed by atoms with van der Waals surface area (Å²) < 4.78 is 1.66. The average Bonchev–Trinajstić information content (AvgIpc) is 2.45. The second kappa shape index (κ2) is 3.38. The van der Waals surface area contributed by atoms with Gasteiger partial charge in [0.05, 0.1) is 11.3 Å². The first-order chi connectivity index (χ1) is 5.69. The first-order valence-electron chi connectivity index (χ1n) is 3.93. The summed E-state index contributed by atoms with van der Waals surface area (Å²) in [5, 5.41) is 6.73. The molecule has 4 heteroatoms. The Bertz CT molecular complexity index is 290. The maximum absolute atomic E-state index is 11.2. The van der Waals surface area contributed by atoms with Gasteiger partial charge >= 0.3 is 0 Å². The van der Waals surface area contributed by atoms with Gasteiger partial charge in [0, 0.05) is 20.3 Å². The minimum Gasteiger partial charge on any atom is -0.355 e. The van der Waals surface area contributed by atoms with Crippen molar-refractivity contribution in [2.45, 2.75) is 13.3 Å². The normalized spacial score (nSPS) is 9.92. The zero-order chi connectivity index (χ0) is 9.14. The van der Waals surface area contributed by atoms with Crippen molar-refractivity contribution in [3.63, 3.8) is 0 Å². The van der Waals surface area contributed by atoms with Crippen LogP contribution in [0.1, 0.15) is 23.0 Å². The highest BCUT2D eigenvalue weighted by atomic mass is 16.1. The second-order valence-corrected chi connectivity index (χ2v) is 2.60. The van der Waals surface area contributed by atoms with Gasteiger partial charge in [0.1, 0.15) is 0 Å². The van der Waals surface area contributed by atoms with Crippen molar-refractivity contribution in [3.8, 4) is 0 Å². The maximum Gasteiger partial charge on any atom is 0.254 e.